The molecular formula is C26H47N5O6Si2. The molecule has 4 aliphatic rings. The summed E-state index contributed by atoms with van der Waals surface area (Å²) in [5.74, 6) is 0.111. The molecule has 220 valence electrons. The highest BCUT2D eigenvalue weighted by Crippen LogP contribution is 2.48. The first-order chi connectivity index (χ1) is 18.2. The second kappa shape index (κ2) is 11.4. The zero-order valence-corrected chi connectivity index (χ0v) is 27.0. The van der Waals surface area contributed by atoms with Crippen LogP contribution in [0.15, 0.2) is 15.0 Å². The standard InChI is InChI=1S/C26H47N5O6Si2/c1-14(2)25(33)30-23-20-24(28-12-27-23)31(13-29-20)26-21(32)22-19(35-26)11-34-38(15(3)4,16(5)6)37-39(36-22,17(7)8)18(9)10/h12-22,24,26,32H,11H2,1-10H3,(H,27,28,30,33)/t19-,20-,21-,22-,24+,26-/m1/s1. The van der Waals surface area contributed by atoms with Crippen molar-refractivity contribution in [2.75, 3.05) is 6.61 Å². The molecule has 4 heterocycles. The summed E-state index contributed by atoms with van der Waals surface area (Å²) in [6.45, 7) is 21.3. The quantitative estimate of drug-likeness (QED) is 0.461. The van der Waals surface area contributed by atoms with E-state index in [1.807, 2.05) is 13.8 Å². The molecule has 2 N–H and O–H groups in total. The van der Waals surface area contributed by atoms with Crippen LogP contribution < -0.4 is 5.32 Å². The van der Waals surface area contributed by atoms with Gasteiger partial charge in [-0.05, 0) is 22.2 Å². The van der Waals surface area contributed by atoms with Crippen molar-refractivity contribution in [3.05, 3.63) is 0 Å². The van der Waals surface area contributed by atoms with E-state index in [0.717, 1.165) is 0 Å². The number of nitrogens with one attached hydrogen (secondary N) is 1. The van der Waals surface area contributed by atoms with Gasteiger partial charge in [0.25, 0.3) is 0 Å². The molecule has 0 aliphatic carbocycles. The molecule has 6 atom stereocenters. The fourth-order valence-electron chi connectivity index (χ4n) is 6.04. The molecule has 0 aromatic carbocycles. The molecule has 11 nitrogen and oxygen atoms in total. The summed E-state index contributed by atoms with van der Waals surface area (Å²) in [5.41, 5.74) is 0.705. The van der Waals surface area contributed by atoms with Crippen molar-refractivity contribution in [1.82, 2.24) is 10.2 Å². The number of nitrogens with zero attached hydrogens (tertiary/aromatic N) is 4. The van der Waals surface area contributed by atoms with E-state index < -0.39 is 53.9 Å². The smallest absolute Gasteiger partial charge is 0.335 e. The van der Waals surface area contributed by atoms with Gasteiger partial charge in [0.2, 0.25) is 5.91 Å². The highest BCUT2D eigenvalue weighted by atomic mass is 28.5. The minimum absolute atomic E-state index is 0.135. The first kappa shape index (κ1) is 30.5. The van der Waals surface area contributed by atoms with Gasteiger partial charge in [0, 0.05) is 5.92 Å². The molecule has 0 aromatic rings. The lowest BCUT2D eigenvalue weighted by molar-refractivity contribution is -0.122. The van der Waals surface area contributed by atoms with Gasteiger partial charge in [-0.3, -0.25) is 9.79 Å². The summed E-state index contributed by atoms with van der Waals surface area (Å²) in [6.07, 6.45) is -0.260. The number of amides is 1. The average molecular weight is 582 g/mol. The lowest BCUT2D eigenvalue weighted by Gasteiger charge is -2.51. The molecule has 0 bridgehead atoms. The fourth-order valence-corrected chi connectivity index (χ4v) is 17.3. The largest absolute Gasteiger partial charge is 0.414 e. The van der Waals surface area contributed by atoms with Gasteiger partial charge in [-0.15, -0.1) is 0 Å². The SMILES string of the molecule is CC(C)C(=O)NC1=NC=N[C@@H]2[C@@H]1N=CN2[C@@H]1O[C@@H]2CO[Si](C(C)C)(C(C)C)O[Si](C(C)C)(C(C)C)O[C@H]2[C@H]1O. The van der Waals surface area contributed by atoms with Crippen LogP contribution in [-0.2, 0) is 22.5 Å². The maximum absolute atomic E-state index is 12.3. The van der Waals surface area contributed by atoms with Gasteiger partial charge in [0.05, 0.1) is 12.9 Å². The highest BCUT2D eigenvalue weighted by molar-refractivity contribution is 6.84. The third kappa shape index (κ3) is 5.31. The maximum Gasteiger partial charge on any atom is 0.335 e. The summed E-state index contributed by atoms with van der Waals surface area (Å²) < 4.78 is 27.6. The van der Waals surface area contributed by atoms with E-state index in [1.165, 1.54) is 6.34 Å². The van der Waals surface area contributed by atoms with Crippen molar-refractivity contribution in [1.29, 1.82) is 0 Å². The lowest BCUT2D eigenvalue weighted by Crippen LogP contribution is -2.66. The Bertz CT molecular complexity index is 987. The molecule has 4 aliphatic heterocycles. The Kier molecular flexibility index (Phi) is 8.92. The van der Waals surface area contributed by atoms with Gasteiger partial charge in [0.1, 0.15) is 30.5 Å². The molecule has 2 fully saturated rings. The average Bonchev–Trinajstić information content (AvgIpc) is 3.39. The third-order valence-electron chi connectivity index (χ3n) is 8.36. The Morgan fingerprint density at radius 2 is 1.62 bits per heavy atom. The number of amidine groups is 1. The molecule has 4 rings (SSSR count). The van der Waals surface area contributed by atoms with Gasteiger partial charge in [-0.25, -0.2) is 9.98 Å². The van der Waals surface area contributed by atoms with Crippen LogP contribution >= 0.6 is 0 Å². The zero-order valence-electron chi connectivity index (χ0n) is 25.0. The molecule has 0 saturated carbocycles. The summed E-state index contributed by atoms with van der Waals surface area (Å²) in [5, 5.41) is 14.6. The van der Waals surface area contributed by atoms with E-state index in [4.69, 9.17) is 17.7 Å². The Morgan fingerprint density at radius 3 is 2.18 bits per heavy atom. The van der Waals surface area contributed by atoms with Gasteiger partial charge in [0.15, 0.2) is 18.4 Å². The van der Waals surface area contributed by atoms with E-state index in [2.05, 4.69) is 75.7 Å². The first-order valence-electron chi connectivity index (χ1n) is 14.3. The number of aliphatic imine (C=N–C) groups is 3. The van der Waals surface area contributed by atoms with Gasteiger partial charge in [-0.1, -0.05) is 69.2 Å². The first-order valence-corrected chi connectivity index (χ1v) is 18.3. The van der Waals surface area contributed by atoms with E-state index in [0.29, 0.717) is 5.84 Å². The van der Waals surface area contributed by atoms with Gasteiger partial charge in [-0.2, -0.15) is 0 Å². The number of carbonyl (C=O) groups excluding carboxylic acids is 1. The normalized spacial score (nSPS) is 33.5. The van der Waals surface area contributed by atoms with Crippen molar-refractivity contribution in [2.24, 2.45) is 20.9 Å². The van der Waals surface area contributed by atoms with Crippen LogP contribution in [0.5, 0.6) is 0 Å². The molecule has 2 saturated heterocycles. The van der Waals surface area contributed by atoms with Crippen LogP contribution in [0.4, 0.5) is 0 Å². The van der Waals surface area contributed by atoms with Crippen LogP contribution in [-0.4, -0.2) is 94.9 Å². The van der Waals surface area contributed by atoms with Gasteiger partial charge < -0.3 is 33.0 Å². The number of carbonyl (C=O) groups is 1. The number of hydrogen-bond acceptors (Lipinski definition) is 10. The predicted molar refractivity (Wildman–Crippen MR) is 155 cm³/mol. The number of hydrogen-bond donors (Lipinski definition) is 2. The molecule has 13 heteroatoms. The Morgan fingerprint density at radius 1 is 1.00 bits per heavy atom. The monoisotopic (exact) mass is 581 g/mol. The Balaban J connectivity index is 1.62. The Hall–Kier alpha value is -1.49. The molecule has 39 heavy (non-hydrogen) atoms. The van der Waals surface area contributed by atoms with Crippen LogP contribution in [0.25, 0.3) is 0 Å². The van der Waals surface area contributed by atoms with Crippen molar-refractivity contribution < 1.29 is 27.6 Å². The Labute approximate surface area is 235 Å². The zero-order chi connectivity index (χ0) is 28.9. The third-order valence-corrected chi connectivity index (χ3v) is 18.6. The molecule has 0 spiro atoms. The number of ether oxygens (including phenoxy) is 1. The van der Waals surface area contributed by atoms with E-state index in [9.17, 15) is 9.90 Å². The second-order valence-corrected chi connectivity index (χ2v) is 21.5. The second-order valence-electron chi connectivity index (χ2n) is 12.6. The topological polar surface area (TPSA) is 127 Å². The number of fused-ring (bicyclic) bond motifs is 2. The van der Waals surface area contributed by atoms with Crippen LogP contribution in [0.3, 0.4) is 0 Å². The lowest BCUT2D eigenvalue weighted by atomic mass is 10.1. The molecular weight excluding hydrogens is 534 g/mol. The minimum atomic E-state index is -2.90. The van der Waals surface area contributed by atoms with Crippen molar-refractivity contribution in [2.45, 2.75) is 128 Å². The number of aliphatic hydroxyl groups is 1. The summed E-state index contributed by atoms with van der Waals surface area (Å²) in [6, 6.07) is -0.496. The molecule has 0 unspecified atom stereocenters. The van der Waals surface area contributed by atoms with Crippen molar-refractivity contribution in [3.8, 4) is 0 Å². The van der Waals surface area contributed by atoms with Gasteiger partial charge >= 0.3 is 17.1 Å². The summed E-state index contributed by atoms with van der Waals surface area (Å²) in [7, 11) is -5.63. The molecule has 0 aromatic heterocycles. The highest BCUT2D eigenvalue weighted by Gasteiger charge is 2.62. The van der Waals surface area contributed by atoms with E-state index in [1.54, 1.807) is 11.2 Å². The minimum Gasteiger partial charge on any atom is -0.414 e. The van der Waals surface area contributed by atoms with Crippen molar-refractivity contribution >= 4 is 41.5 Å². The van der Waals surface area contributed by atoms with Crippen LogP contribution in [0.2, 0.25) is 22.2 Å². The maximum atomic E-state index is 12.3. The summed E-state index contributed by atoms with van der Waals surface area (Å²) >= 11 is 0. The van der Waals surface area contributed by atoms with Crippen molar-refractivity contribution in [3.63, 3.8) is 0 Å². The molecule has 0 radical (unpaired) electrons. The number of rotatable bonds is 6. The summed E-state index contributed by atoms with van der Waals surface area (Å²) in [4.78, 5) is 27.5. The van der Waals surface area contributed by atoms with E-state index >= 15 is 0 Å². The van der Waals surface area contributed by atoms with Crippen LogP contribution in [0.1, 0.15) is 69.2 Å². The number of aliphatic hydroxyl groups excluding tert-OH is 1. The predicted octanol–water partition coefficient (Wildman–Crippen LogP) is 3.28. The fraction of sp³-hybridized carbons (Fsp3) is 0.846. The van der Waals surface area contributed by atoms with Crippen LogP contribution in [0, 0.1) is 5.92 Å². The molecule has 1 amide bonds. The van der Waals surface area contributed by atoms with E-state index in [-0.39, 0.29) is 40.6 Å².